The molecule has 14 rings (SSSR count). The van der Waals surface area contributed by atoms with Crippen LogP contribution in [0.25, 0.3) is 22.9 Å². The predicted octanol–water partition coefficient (Wildman–Crippen LogP) is 17.4. The van der Waals surface area contributed by atoms with Gasteiger partial charge in [-0.2, -0.15) is 0 Å². The maximum atomic E-state index is 14.1. The number of benzene rings is 10. The van der Waals surface area contributed by atoms with Crippen LogP contribution in [0.15, 0.2) is 285 Å². The van der Waals surface area contributed by atoms with E-state index in [1.165, 1.54) is 65.1 Å². The molecule has 3 heterocycles. The lowest BCUT2D eigenvalue weighted by atomic mass is 9.90. The third-order valence-corrected chi connectivity index (χ3v) is 24.8. The average molecular weight is 1720 g/mol. The van der Waals surface area contributed by atoms with Gasteiger partial charge >= 0.3 is 0 Å². The van der Waals surface area contributed by atoms with Crippen LogP contribution in [-0.4, -0.2) is 170 Å². The first-order chi connectivity index (χ1) is 60.9. The quantitative estimate of drug-likeness (QED) is 0.0178. The molecule has 0 aromatic heterocycles. The molecule has 1 saturated carbocycles. The van der Waals surface area contributed by atoms with Gasteiger partial charge in [-0.25, -0.2) is 0 Å². The second-order valence-electron chi connectivity index (χ2n) is 34.1. The van der Waals surface area contributed by atoms with Gasteiger partial charge in [-0.1, -0.05) is 313 Å². The largest absolute Gasteiger partial charge is 0.351 e. The number of halogens is 2. The first-order valence-corrected chi connectivity index (χ1v) is 45.8. The summed E-state index contributed by atoms with van der Waals surface area (Å²) in [5, 5.41) is 30.4. The smallest absolute Gasteiger partial charge is 0.251 e. The highest BCUT2D eigenvalue weighted by atomic mass is 35.5. The van der Waals surface area contributed by atoms with E-state index in [4.69, 9.17) is 23.2 Å². The van der Waals surface area contributed by atoms with Crippen molar-refractivity contribution in [1.29, 1.82) is 0 Å². The summed E-state index contributed by atoms with van der Waals surface area (Å²) in [5.41, 5.74) is 9.68. The molecule has 10 aromatic rings. The van der Waals surface area contributed by atoms with Crippen molar-refractivity contribution in [3.63, 3.8) is 0 Å². The molecule has 17 nitrogen and oxygen atoms in total. The first kappa shape index (κ1) is 93.3. The van der Waals surface area contributed by atoms with E-state index in [0.717, 1.165) is 67.1 Å². The third kappa shape index (κ3) is 29.6. The molecule has 6 amide bonds. The molecule has 0 spiro atoms. The summed E-state index contributed by atoms with van der Waals surface area (Å²) in [5.74, 6) is 0.984. The zero-order valence-electron chi connectivity index (χ0n) is 72.8. The molecule has 654 valence electrons. The van der Waals surface area contributed by atoms with Gasteiger partial charge in [-0.3, -0.25) is 28.8 Å². The van der Waals surface area contributed by atoms with Gasteiger partial charge in [0.2, 0.25) is 29.5 Å². The molecule has 4 aliphatic rings. The Morgan fingerprint density at radius 3 is 1.04 bits per heavy atom. The van der Waals surface area contributed by atoms with Crippen molar-refractivity contribution >= 4 is 81.6 Å². The number of nitrogens with one attached hydrogen (secondary N) is 8. The van der Waals surface area contributed by atoms with Crippen molar-refractivity contribution in [3.05, 3.63) is 345 Å². The minimum Gasteiger partial charge on any atom is -0.351 e. The molecule has 0 unspecified atom stereocenters. The average Bonchev–Trinajstić information content (AvgIpc) is 1.82. The van der Waals surface area contributed by atoms with Gasteiger partial charge in [0.05, 0.1) is 18.1 Å². The first-order valence-electron chi connectivity index (χ1n) is 45.0. The number of carbonyl (C=O) groups is 6. The van der Waals surface area contributed by atoms with E-state index in [-0.39, 0.29) is 89.4 Å². The number of nitrogens with zero attached hydrogens (tertiary/aromatic N) is 3. The minimum absolute atomic E-state index is 0.0145. The summed E-state index contributed by atoms with van der Waals surface area (Å²) in [6, 6.07) is 91.0. The van der Waals surface area contributed by atoms with Crippen molar-refractivity contribution in [2.75, 3.05) is 72.0 Å². The number of carbonyl (C=O) groups excluding carboxylic acids is 6. The van der Waals surface area contributed by atoms with Gasteiger partial charge in [-0.05, 0) is 168 Å². The zero-order chi connectivity index (χ0) is 87.5. The summed E-state index contributed by atoms with van der Waals surface area (Å²) in [7, 11) is 0. The van der Waals surface area contributed by atoms with E-state index >= 15 is 0 Å². The van der Waals surface area contributed by atoms with Gasteiger partial charge in [0.15, 0.2) is 0 Å². The second kappa shape index (κ2) is 49.2. The Kier molecular flexibility index (Phi) is 36.7. The van der Waals surface area contributed by atoms with Gasteiger partial charge in [0.1, 0.15) is 0 Å². The van der Waals surface area contributed by atoms with Crippen LogP contribution in [0, 0.1) is 5.92 Å². The van der Waals surface area contributed by atoms with Crippen molar-refractivity contribution in [3.8, 4) is 0 Å². The van der Waals surface area contributed by atoms with Crippen LogP contribution in [0.3, 0.4) is 0 Å². The zero-order valence-corrected chi connectivity index (χ0v) is 74.3. The van der Waals surface area contributed by atoms with Crippen LogP contribution < -0.4 is 42.5 Å². The summed E-state index contributed by atoms with van der Waals surface area (Å²) in [6.07, 6.45) is 17.3. The van der Waals surface area contributed by atoms with E-state index in [1.807, 2.05) is 125 Å². The number of fused-ring (bicyclic) bond motifs is 1. The SMILES string of the molecule is CC(C)NCC[C@@H]1N[C@H](CNC(=O)/C=C/c2ccc(Cl)cc2)CCN(CC(c2ccccc2)c2ccccc2)C1=O.CC(C)NCC[C@@H]1N[C@H](CNC(=O)c2ccc3ccccc3c2)CCN(CC(c2ccccc2)c2ccccc2)C1=O.O=C(/C=C/c1ccc(Cl)cc1)NC[C@@H]1CCN(CC(c2ccccc2)c2ccccc2)C(=O)[C@H](CCC2CCCC2)N1. The Morgan fingerprint density at radius 1 is 0.376 bits per heavy atom. The summed E-state index contributed by atoms with van der Waals surface area (Å²) in [4.78, 5) is 86.4. The van der Waals surface area contributed by atoms with Crippen LogP contribution in [-0.2, 0) is 24.0 Å². The number of amides is 6. The maximum absolute atomic E-state index is 14.1. The van der Waals surface area contributed by atoms with E-state index in [9.17, 15) is 28.8 Å². The molecule has 3 saturated heterocycles. The van der Waals surface area contributed by atoms with Gasteiger partial charge < -0.3 is 57.2 Å². The Bertz CT molecular complexity index is 4910. The predicted molar refractivity (Wildman–Crippen MR) is 510 cm³/mol. The maximum Gasteiger partial charge on any atom is 0.251 e. The second-order valence-corrected chi connectivity index (χ2v) is 35.0. The van der Waals surface area contributed by atoms with Crippen molar-refractivity contribution in [2.45, 2.75) is 164 Å². The van der Waals surface area contributed by atoms with Crippen LogP contribution in [0.4, 0.5) is 0 Å². The highest BCUT2D eigenvalue weighted by Crippen LogP contribution is 2.34. The molecular formula is C106H125Cl2N11O6. The van der Waals surface area contributed by atoms with Crippen molar-refractivity contribution < 1.29 is 28.8 Å². The van der Waals surface area contributed by atoms with Crippen LogP contribution in [0.1, 0.15) is 171 Å². The topological polar surface area (TPSA) is 208 Å². The number of hydrogen-bond donors (Lipinski definition) is 8. The van der Waals surface area contributed by atoms with Gasteiger partial charge in [-0.15, -0.1) is 0 Å². The molecule has 0 bridgehead atoms. The molecular weight excluding hydrogens is 1590 g/mol. The number of rotatable bonds is 34. The molecule has 8 N–H and O–H groups in total. The lowest BCUT2D eigenvalue weighted by Gasteiger charge is -2.29. The minimum atomic E-state index is -0.331. The van der Waals surface area contributed by atoms with E-state index in [1.54, 1.807) is 30.4 Å². The fraction of sp³-hybridized carbons (Fsp3) is 0.358. The Morgan fingerprint density at radius 2 is 0.696 bits per heavy atom. The fourth-order valence-corrected chi connectivity index (χ4v) is 17.6. The highest BCUT2D eigenvalue weighted by Gasteiger charge is 2.37. The van der Waals surface area contributed by atoms with E-state index in [2.05, 4.69) is 221 Å². The summed E-state index contributed by atoms with van der Waals surface area (Å²) >= 11 is 11.9. The molecule has 10 aromatic carbocycles. The fourth-order valence-electron chi connectivity index (χ4n) is 17.3. The Labute approximate surface area is 750 Å². The highest BCUT2D eigenvalue weighted by molar-refractivity contribution is 6.31. The van der Waals surface area contributed by atoms with E-state index < -0.39 is 0 Å². The van der Waals surface area contributed by atoms with Crippen LogP contribution in [0.5, 0.6) is 0 Å². The third-order valence-electron chi connectivity index (χ3n) is 24.3. The number of hydrogen-bond acceptors (Lipinski definition) is 11. The molecule has 6 atom stereocenters. The standard InChI is InChI=1S/C36H42ClN3O2.C36H42N4O2.C34H41ClN4O2/c37-31-19-15-28(16-20-31)18-22-35(41)38-25-32-23-24-40(36(42)34(39-32)21-17-27-9-7-8-10-27)26-33(29-11-3-1-4-12-29)30-13-5-2-6-14-30;1-26(2)37-21-19-34-36(42)40(25-33(28-12-5-3-6-13-28)29-14-7-4-8-15-29)22-20-32(39-34)24-38-35(41)31-18-17-27-11-9-10-16-30(27)23-31;1-25(2)36-21-19-32-34(41)39(24-31(27-9-5-3-6-10-27)28-11-7-4-8-12-28)22-20-30(38-32)23-37-33(40)18-15-26-13-16-29(35)17-14-26/h1-6,11-16,18-20,22,27,32-34,39H,7-10,17,21,23-26H2,(H,38,41);3-18,23,26,32-34,37,39H,19-22,24-25H2,1-2H3,(H,38,41);3-18,25,30-32,36,38H,19-24H2,1-2H3,(H,37,40)/b22-18+;;18-15+/t2*32-,34-;30-,32-/m000/s1. The van der Waals surface area contributed by atoms with Gasteiger partial charge in [0.25, 0.3) is 5.91 Å². The monoisotopic (exact) mass is 1720 g/mol. The summed E-state index contributed by atoms with van der Waals surface area (Å²) in [6.45, 7) is 15.1. The Balaban J connectivity index is 0.000000171. The molecule has 4 fully saturated rings. The lowest BCUT2D eigenvalue weighted by molar-refractivity contribution is -0.133. The van der Waals surface area contributed by atoms with E-state index in [0.29, 0.717) is 105 Å². The van der Waals surface area contributed by atoms with Gasteiger partial charge in [0, 0.05) is 135 Å². The van der Waals surface area contributed by atoms with Crippen molar-refractivity contribution in [1.82, 2.24) is 57.2 Å². The summed E-state index contributed by atoms with van der Waals surface area (Å²) < 4.78 is 0. The Hall–Kier alpha value is -10.9. The van der Waals surface area contributed by atoms with Crippen LogP contribution >= 0.6 is 23.2 Å². The normalized spacial score (nSPS) is 18.4. The lowest BCUT2D eigenvalue weighted by Crippen LogP contribution is -2.50. The molecule has 125 heavy (non-hydrogen) atoms. The molecule has 0 radical (unpaired) electrons. The molecule has 3 aliphatic heterocycles. The molecule has 1 aliphatic carbocycles. The van der Waals surface area contributed by atoms with Crippen LogP contribution in [0.2, 0.25) is 10.0 Å². The van der Waals surface area contributed by atoms with Crippen molar-refractivity contribution in [2.24, 2.45) is 5.92 Å². The molecule has 19 heteroatoms.